The van der Waals surface area contributed by atoms with E-state index >= 15 is 0 Å². The zero-order valence-electron chi connectivity index (χ0n) is 20.5. The molecule has 0 spiro atoms. The van der Waals surface area contributed by atoms with E-state index in [4.69, 9.17) is 21.1 Å². The fraction of sp³-hybridized carbons (Fsp3) is 0.375. The number of rotatable bonds is 12. The zero-order valence-corrected chi connectivity index (χ0v) is 22.9. The molecule has 0 fully saturated rings. The van der Waals surface area contributed by atoms with E-state index in [9.17, 15) is 9.59 Å². The molecule has 0 aliphatic carbocycles. The molecule has 0 aliphatic rings. The van der Waals surface area contributed by atoms with Crippen LogP contribution in [0.1, 0.15) is 42.6 Å². The molecular formula is C24H28ClN5O4S2. The molecule has 9 nitrogen and oxygen atoms in total. The van der Waals surface area contributed by atoms with Gasteiger partial charge >= 0.3 is 5.97 Å². The number of allylic oxidation sites excluding steroid dienone is 1. The molecule has 1 aromatic carbocycles. The number of carbonyl (C=O) groups excluding carboxylic acids is 2. The van der Waals surface area contributed by atoms with Crippen molar-refractivity contribution in [3.63, 3.8) is 0 Å². The van der Waals surface area contributed by atoms with Crippen LogP contribution in [0.25, 0.3) is 0 Å². The van der Waals surface area contributed by atoms with Gasteiger partial charge in [-0.3, -0.25) is 14.2 Å². The van der Waals surface area contributed by atoms with Crippen LogP contribution in [-0.2, 0) is 27.3 Å². The highest BCUT2D eigenvalue weighted by atomic mass is 35.5. The summed E-state index contributed by atoms with van der Waals surface area (Å²) < 4.78 is 12.9. The van der Waals surface area contributed by atoms with Crippen LogP contribution in [-0.4, -0.2) is 44.0 Å². The summed E-state index contributed by atoms with van der Waals surface area (Å²) >= 11 is 8.77. The molecule has 36 heavy (non-hydrogen) atoms. The second kappa shape index (κ2) is 12.9. The summed E-state index contributed by atoms with van der Waals surface area (Å²) in [6.45, 7) is 12.1. The van der Waals surface area contributed by atoms with Crippen LogP contribution in [0.3, 0.4) is 0 Å². The number of nitrogens with one attached hydrogen (secondary N) is 1. The first-order valence-corrected chi connectivity index (χ1v) is 13.5. The summed E-state index contributed by atoms with van der Waals surface area (Å²) in [6, 6.07) is 3.77. The van der Waals surface area contributed by atoms with Crippen LogP contribution in [0.5, 0.6) is 5.75 Å². The molecule has 1 atom stereocenters. The smallest absolute Gasteiger partial charge is 0.311 e. The first-order chi connectivity index (χ1) is 17.2. The van der Waals surface area contributed by atoms with Crippen molar-refractivity contribution < 1.29 is 19.1 Å². The minimum absolute atomic E-state index is 0.0673. The van der Waals surface area contributed by atoms with E-state index in [1.807, 2.05) is 37.5 Å². The van der Waals surface area contributed by atoms with Crippen LogP contribution < -0.4 is 10.1 Å². The number of thioether (sulfide) groups is 1. The predicted molar refractivity (Wildman–Crippen MR) is 142 cm³/mol. The summed E-state index contributed by atoms with van der Waals surface area (Å²) in [5.41, 5.74) is 2.42. The second-order valence-corrected chi connectivity index (χ2v) is 10.0. The fourth-order valence-electron chi connectivity index (χ4n) is 3.33. The molecular weight excluding hydrogens is 522 g/mol. The number of carbonyl (C=O) groups is 2. The first kappa shape index (κ1) is 27.7. The standard InChI is InChI=1S/C24H28ClN5O4S2/c1-6-8-30-22(16(5)34-18-9-14(3)21(25)15(4)10-18)28-29-24(30)36-13-19(31)27-23-26-17(12-35-23)11-20(32)33-7-2/h6,9-10,12,16H,1,7-8,11,13H2,2-5H3,(H,26,27,31). The van der Waals surface area contributed by atoms with Crippen molar-refractivity contribution in [3.8, 4) is 5.75 Å². The Kier molecular flexibility index (Phi) is 9.91. The van der Waals surface area contributed by atoms with Gasteiger partial charge in [-0.25, -0.2) is 4.98 Å². The van der Waals surface area contributed by atoms with E-state index in [0.29, 0.717) is 40.7 Å². The van der Waals surface area contributed by atoms with Gasteiger partial charge in [0.15, 0.2) is 22.2 Å². The fourth-order valence-corrected chi connectivity index (χ4v) is 4.92. The van der Waals surface area contributed by atoms with Gasteiger partial charge in [-0.15, -0.1) is 28.1 Å². The van der Waals surface area contributed by atoms with Crippen molar-refractivity contribution >= 4 is 51.7 Å². The van der Waals surface area contributed by atoms with Crippen LogP contribution >= 0.6 is 34.7 Å². The average molecular weight is 550 g/mol. The number of esters is 1. The highest BCUT2D eigenvalue weighted by molar-refractivity contribution is 7.99. The summed E-state index contributed by atoms with van der Waals surface area (Å²) in [6.07, 6.45) is 1.41. The monoisotopic (exact) mass is 549 g/mol. The van der Waals surface area contributed by atoms with E-state index in [0.717, 1.165) is 16.1 Å². The normalized spacial score (nSPS) is 11.7. The maximum absolute atomic E-state index is 12.5. The van der Waals surface area contributed by atoms with Gasteiger partial charge in [0.05, 0.1) is 24.5 Å². The third-order valence-electron chi connectivity index (χ3n) is 4.90. The van der Waals surface area contributed by atoms with Crippen LogP contribution in [0.4, 0.5) is 5.13 Å². The minimum atomic E-state index is -0.395. The quantitative estimate of drug-likeness (QED) is 0.187. The number of benzene rings is 1. The Labute approximate surface area is 223 Å². The van der Waals surface area contributed by atoms with E-state index in [2.05, 4.69) is 27.1 Å². The Morgan fingerprint density at radius 3 is 2.69 bits per heavy atom. The Balaban J connectivity index is 1.62. The van der Waals surface area contributed by atoms with Gasteiger partial charge in [0, 0.05) is 16.9 Å². The minimum Gasteiger partial charge on any atom is -0.483 e. The van der Waals surface area contributed by atoms with Crippen LogP contribution in [0, 0.1) is 13.8 Å². The maximum atomic E-state index is 12.5. The predicted octanol–water partition coefficient (Wildman–Crippen LogP) is 5.17. The Morgan fingerprint density at radius 2 is 2.03 bits per heavy atom. The van der Waals surface area contributed by atoms with E-state index in [1.54, 1.807) is 18.4 Å². The summed E-state index contributed by atoms with van der Waals surface area (Å²) in [7, 11) is 0. The molecule has 0 saturated heterocycles. The maximum Gasteiger partial charge on any atom is 0.311 e. The van der Waals surface area contributed by atoms with Gasteiger partial charge in [-0.1, -0.05) is 29.4 Å². The number of hydrogen-bond donors (Lipinski definition) is 1. The molecule has 0 bridgehead atoms. The second-order valence-electron chi connectivity index (χ2n) is 7.83. The molecule has 1 unspecified atom stereocenters. The Hall–Kier alpha value is -2.89. The lowest BCUT2D eigenvalue weighted by Crippen LogP contribution is -2.15. The molecule has 3 rings (SSSR count). The number of halogens is 1. The molecule has 2 aromatic heterocycles. The molecule has 192 valence electrons. The SMILES string of the molecule is C=CCn1c(SCC(=O)Nc2nc(CC(=O)OCC)cs2)nnc1C(C)Oc1cc(C)c(Cl)c(C)c1. The van der Waals surface area contributed by atoms with Crippen molar-refractivity contribution in [3.05, 3.63) is 57.8 Å². The number of aromatic nitrogens is 4. The first-order valence-electron chi connectivity index (χ1n) is 11.2. The summed E-state index contributed by atoms with van der Waals surface area (Å²) in [4.78, 5) is 28.4. The lowest BCUT2D eigenvalue weighted by atomic mass is 10.1. The highest BCUT2D eigenvalue weighted by Crippen LogP contribution is 2.30. The van der Waals surface area contributed by atoms with Crippen molar-refractivity contribution in [1.82, 2.24) is 19.7 Å². The highest BCUT2D eigenvalue weighted by Gasteiger charge is 2.20. The molecule has 0 saturated carbocycles. The largest absolute Gasteiger partial charge is 0.483 e. The number of anilines is 1. The van der Waals surface area contributed by atoms with Gasteiger partial charge in [0.2, 0.25) is 5.91 Å². The van der Waals surface area contributed by atoms with Gasteiger partial charge in [-0.2, -0.15) is 0 Å². The third-order valence-corrected chi connectivity index (χ3v) is 7.27. The number of aryl methyl sites for hydroxylation is 2. The van der Waals surface area contributed by atoms with Gasteiger partial charge in [0.25, 0.3) is 0 Å². The summed E-state index contributed by atoms with van der Waals surface area (Å²) in [5, 5.41) is 14.7. The zero-order chi connectivity index (χ0) is 26.2. The molecule has 3 aromatic rings. The number of ether oxygens (including phenoxy) is 2. The van der Waals surface area contributed by atoms with Gasteiger partial charge in [-0.05, 0) is 51.0 Å². The number of hydrogen-bond acceptors (Lipinski definition) is 9. The molecule has 0 radical (unpaired) electrons. The molecule has 2 heterocycles. The number of thiazole rings is 1. The average Bonchev–Trinajstić information content (AvgIpc) is 3.43. The van der Waals surface area contributed by atoms with Gasteiger partial charge < -0.3 is 14.8 Å². The number of nitrogens with zero attached hydrogens (tertiary/aromatic N) is 4. The van der Waals surface area contributed by atoms with Crippen molar-refractivity contribution in [2.24, 2.45) is 0 Å². The molecule has 12 heteroatoms. The van der Waals surface area contributed by atoms with Crippen LogP contribution in [0.15, 0.2) is 35.3 Å². The van der Waals surface area contributed by atoms with Crippen molar-refractivity contribution in [1.29, 1.82) is 0 Å². The van der Waals surface area contributed by atoms with E-state index < -0.39 is 6.10 Å². The van der Waals surface area contributed by atoms with E-state index in [1.165, 1.54) is 23.1 Å². The molecule has 0 aliphatic heterocycles. The third kappa shape index (κ3) is 7.31. The van der Waals surface area contributed by atoms with E-state index in [-0.39, 0.29) is 24.1 Å². The number of amides is 1. The van der Waals surface area contributed by atoms with Gasteiger partial charge in [0.1, 0.15) is 5.75 Å². The van der Waals surface area contributed by atoms with Crippen LogP contribution in [0.2, 0.25) is 5.02 Å². The topological polar surface area (TPSA) is 108 Å². The van der Waals surface area contributed by atoms with Crippen molar-refractivity contribution in [2.75, 3.05) is 17.7 Å². The van der Waals surface area contributed by atoms with Crippen molar-refractivity contribution in [2.45, 2.75) is 51.9 Å². The lowest BCUT2D eigenvalue weighted by Gasteiger charge is -2.17. The molecule has 1 N–H and O–H groups in total. The molecule has 1 amide bonds. The Morgan fingerprint density at radius 1 is 1.31 bits per heavy atom. The lowest BCUT2D eigenvalue weighted by molar-refractivity contribution is -0.142. The summed E-state index contributed by atoms with van der Waals surface area (Å²) in [5.74, 6) is 0.810. The Bertz CT molecular complexity index is 1220.